The van der Waals surface area contributed by atoms with Crippen LogP contribution >= 0.6 is 0 Å². The summed E-state index contributed by atoms with van der Waals surface area (Å²) in [4.78, 5) is 12.3. The SMILES string of the molecule is CCCCCCCCCCCCCCCCCCCCCCCCCCCCC/C=C/C(O)C(CO)NC(=O)CCCCCCCCCCCC. The lowest BCUT2D eigenvalue weighted by Gasteiger charge is -2.20. The molecule has 0 aromatic carbocycles. The molecule has 4 heteroatoms. The Morgan fingerprint density at radius 3 is 1.02 bits per heavy atom. The highest BCUT2D eigenvalue weighted by atomic mass is 16.3. The maximum absolute atomic E-state index is 12.3. The second-order valence-corrected chi connectivity index (χ2v) is 16.2. The lowest BCUT2D eigenvalue weighted by atomic mass is 10.0. The topological polar surface area (TPSA) is 69.6 Å². The minimum atomic E-state index is -0.833. The molecule has 0 radical (unpaired) electrons. The highest BCUT2D eigenvalue weighted by molar-refractivity contribution is 5.76. The van der Waals surface area contributed by atoms with Gasteiger partial charge in [0.1, 0.15) is 0 Å². The van der Waals surface area contributed by atoms with E-state index in [1.807, 2.05) is 6.08 Å². The first kappa shape index (κ1) is 50.1. The number of rotatable bonds is 43. The van der Waals surface area contributed by atoms with Crippen LogP contribution in [0, 0.1) is 0 Å². The van der Waals surface area contributed by atoms with Gasteiger partial charge < -0.3 is 15.5 Å². The molecule has 0 aliphatic carbocycles. The van der Waals surface area contributed by atoms with Crippen LogP contribution in [0.25, 0.3) is 0 Å². The molecule has 2 atom stereocenters. The van der Waals surface area contributed by atoms with Crippen LogP contribution in [-0.2, 0) is 4.79 Å². The van der Waals surface area contributed by atoms with E-state index >= 15 is 0 Å². The standard InChI is InChI=1S/C47H93NO3/c1-3-5-7-9-11-13-15-16-17-18-19-20-21-22-23-24-25-26-27-28-29-30-31-32-33-34-36-38-40-42-46(50)45(44-49)48-47(51)43-41-39-37-35-14-12-10-8-6-4-2/h40,42,45-46,49-50H,3-39,41,43-44H2,1-2H3,(H,48,51)/b42-40+. The number of aliphatic hydroxyl groups excluding tert-OH is 2. The molecular weight excluding hydrogens is 627 g/mol. The van der Waals surface area contributed by atoms with E-state index < -0.39 is 12.1 Å². The molecule has 0 saturated carbocycles. The zero-order chi connectivity index (χ0) is 37.1. The summed E-state index contributed by atoms with van der Waals surface area (Å²) in [7, 11) is 0. The molecule has 0 heterocycles. The van der Waals surface area contributed by atoms with Crippen molar-refractivity contribution in [2.24, 2.45) is 0 Å². The molecule has 304 valence electrons. The number of carbonyl (C=O) groups excluding carboxylic acids is 1. The highest BCUT2D eigenvalue weighted by Crippen LogP contribution is 2.17. The molecule has 0 fully saturated rings. The Labute approximate surface area is 320 Å². The number of nitrogens with one attached hydrogen (secondary N) is 1. The summed E-state index contributed by atoms with van der Waals surface area (Å²) in [6, 6.07) is -0.615. The van der Waals surface area contributed by atoms with Crippen LogP contribution in [0.4, 0.5) is 0 Å². The predicted molar refractivity (Wildman–Crippen MR) is 226 cm³/mol. The first-order valence-corrected chi connectivity index (χ1v) is 23.4. The van der Waals surface area contributed by atoms with Crippen LogP contribution in [0.1, 0.15) is 264 Å². The lowest BCUT2D eigenvalue weighted by molar-refractivity contribution is -0.123. The first-order valence-electron chi connectivity index (χ1n) is 23.4. The van der Waals surface area contributed by atoms with Crippen molar-refractivity contribution in [2.45, 2.75) is 276 Å². The van der Waals surface area contributed by atoms with Crippen molar-refractivity contribution in [3.63, 3.8) is 0 Å². The van der Waals surface area contributed by atoms with E-state index in [1.165, 1.54) is 218 Å². The zero-order valence-corrected chi connectivity index (χ0v) is 34.9. The molecule has 0 spiro atoms. The van der Waals surface area contributed by atoms with Gasteiger partial charge in [0.2, 0.25) is 5.91 Å². The van der Waals surface area contributed by atoms with E-state index in [-0.39, 0.29) is 12.5 Å². The Morgan fingerprint density at radius 1 is 0.451 bits per heavy atom. The van der Waals surface area contributed by atoms with Crippen molar-refractivity contribution >= 4 is 5.91 Å². The number of hydrogen-bond donors (Lipinski definition) is 3. The van der Waals surface area contributed by atoms with E-state index in [0.717, 1.165) is 25.7 Å². The van der Waals surface area contributed by atoms with Crippen LogP contribution in [0.2, 0.25) is 0 Å². The Balaban J connectivity index is 3.42. The summed E-state index contributed by atoms with van der Waals surface area (Å²) < 4.78 is 0. The summed E-state index contributed by atoms with van der Waals surface area (Å²) in [6.07, 6.45) is 54.9. The Bertz CT molecular complexity index is 695. The number of amides is 1. The van der Waals surface area contributed by atoms with Gasteiger partial charge in [-0.2, -0.15) is 0 Å². The normalized spacial score (nSPS) is 12.9. The molecule has 0 aromatic heterocycles. The van der Waals surface area contributed by atoms with Crippen LogP contribution in [0.3, 0.4) is 0 Å². The Morgan fingerprint density at radius 2 is 0.725 bits per heavy atom. The van der Waals surface area contributed by atoms with Gasteiger partial charge in [-0.05, 0) is 19.3 Å². The number of unbranched alkanes of at least 4 members (excludes halogenated alkanes) is 36. The summed E-state index contributed by atoms with van der Waals surface area (Å²) in [5.41, 5.74) is 0. The molecule has 3 N–H and O–H groups in total. The monoisotopic (exact) mass is 720 g/mol. The van der Waals surface area contributed by atoms with Crippen molar-refractivity contribution in [1.82, 2.24) is 5.32 Å². The van der Waals surface area contributed by atoms with Gasteiger partial charge in [0.05, 0.1) is 18.8 Å². The van der Waals surface area contributed by atoms with Crippen LogP contribution < -0.4 is 5.32 Å². The Hall–Kier alpha value is -0.870. The van der Waals surface area contributed by atoms with Crippen molar-refractivity contribution in [3.05, 3.63) is 12.2 Å². The molecule has 51 heavy (non-hydrogen) atoms. The number of allylic oxidation sites excluding steroid dienone is 1. The molecule has 0 bridgehead atoms. The average Bonchev–Trinajstić information content (AvgIpc) is 3.13. The van der Waals surface area contributed by atoms with Crippen LogP contribution in [-0.4, -0.2) is 34.9 Å². The minimum absolute atomic E-state index is 0.0633. The second-order valence-electron chi connectivity index (χ2n) is 16.2. The largest absolute Gasteiger partial charge is 0.394 e. The molecular formula is C47H93NO3. The van der Waals surface area contributed by atoms with Gasteiger partial charge in [0.25, 0.3) is 0 Å². The predicted octanol–water partition coefficient (Wildman–Crippen LogP) is 14.6. The first-order chi connectivity index (χ1) is 25.2. The summed E-state index contributed by atoms with van der Waals surface area (Å²) >= 11 is 0. The molecule has 0 rings (SSSR count). The van der Waals surface area contributed by atoms with E-state index in [9.17, 15) is 15.0 Å². The fourth-order valence-corrected chi connectivity index (χ4v) is 7.42. The van der Waals surface area contributed by atoms with Gasteiger partial charge in [0.15, 0.2) is 0 Å². The van der Waals surface area contributed by atoms with Crippen molar-refractivity contribution in [3.8, 4) is 0 Å². The van der Waals surface area contributed by atoms with Crippen molar-refractivity contribution < 1.29 is 15.0 Å². The highest BCUT2D eigenvalue weighted by Gasteiger charge is 2.17. The fraction of sp³-hybridized carbons (Fsp3) is 0.936. The van der Waals surface area contributed by atoms with Gasteiger partial charge in [-0.3, -0.25) is 4.79 Å². The lowest BCUT2D eigenvalue weighted by Crippen LogP contribution is -2.45. The van der Waals surface area contributed by atoms with Gasteiger partial charge in [-0.15, -0.1) is 0 Å². The van der Waals surface area contributed by atoms with Gasteiger partial charge in [-0.1, -0.05) is 251 Å². The smallest absolute Gasteiger partial charge is 0.220 e. The van der Waals surface area contributed by atoms with E-state index in [2.05, 4.69) is 19.2 Å². The fourth-order valence-electron chi connectivity index (χ4n) is 7.42. The third-order valence-corrected chi connectivity index (χ3v) is 11.0. The number of hydrogen-bond acceptors (Lipinski definition) is 3. The average molecular weight is 720 g/mol. The van der Waals surface area contributed by atoms with Gasteiger partial charge in [-0.25, -0.2) is 0 Å². The molecule has 0 aliphatic rings. The van der Waals surface area contributed by atoms with E-state index in [0.29, 0.717) is 6.42 Å². The molecule has 4 nitrogen and oxygen atoms in total. The van der Waals surface area contributed by atoms with Crippen LogP contribution in [0.5, 0.6) is 0 Å². The quantitative estimate of drug-likeness (QED) is 0.0434. The number of carbonyl (C=O) groups is 1. The molecule has 0 saturated heterocycles. The number of aliphatic hydroxyl groups is 2. The van der Waals surface area contributed by atoms with Crippen molar-refractivity contribution in [1.29, 1.82) is 0 Å². The zero-order valence-electron chi connectivity index (χ0n) is 34.9. The van der Waals surface area contributed by atoms with E-state index in [4.69, 9.17) is 0 Å². The molecule has 2 unspecified atom stereocenters. The van der Waals surface area contributed by atoms with Gasteiger partial charge in [0, 0.05) is 6.42 Å². The minimum Gasteiger partial charge on any atom is -0.394 e. The Kier molecular flexibility index (Phi) is 42.8. The van der Waals surface area contributed by atoms with E-state index in [1.54, 1.807) is 6.08 Å². The second kappa shape index (κ2) is 43.5. The summed E-state index contributed by atoms with van der Waals surface area (Å²) in [5.74, 6) is -0.0633. The van der Waals surface area contributed by atoms with Gasteiger partial charge >= 0.3 is 0 Å². The molecule has 0 aliphatic heterocycles. The molecule has 1 amide bonds. The summed E-state index contributed by atoms with van der Waals surface area (Å²) in [5, 5.41) is 23.0. The third-order valence-electron chi connectivity index (χ3n) is 11.0. The molecule has 0 aromatic rings. The third kappa shape index (κ3) is 40.2. The van der Waals surface area contributed by atoms with Crippen molar-refractivity contribution in [2.75, 3.05) is 6.61 Å². The maximum Gasteiger partial charge on any atom is 0.220 e. The summed E-state index contributed by atoms with van der Waals surface area (Å²) in [6.45, 7) is 4.31. The maximum atomic E-state index is 12.3. The van der Waals surface area contributed by atoms with Crippen LogP contribution in [0.15, 0.2) is 12.2 Å².